The molecule has 1 aliphatic carbocycles. The molecule has 4 N–H and O–H groups in total. The third kappa shape index (κ3) is 3.94. The maximum atomic E-state index is 12.1. The molecular weight excluding hydrogens is 310 g/mol. The fraction of sp³-hybridized carbons (Fsp3) is 0.267. The number of nitrogen functional groups attached to an aromatic ring is 1. The average molecular weight is 327 g/mol. The number of carbonyl (C=O) groups excluding carboxylic acids is 1. The first-order valence-electron chi connectivity index (χ1n) is 7.37. The van der Waals surface area contributed by atoms with Crippen molar-refractivity contribution in [1.29, 1.82) is 0 Å². The van der Waals surface area contributed by atoms with E-state index in [9.17, 15) is 4.79 Å². The Bertz CT molecular complexity index is 771. The molecule has 0 saturated heterocycles. The van der Waals surface area contributed by atoms with Crippen molar-refractivity contribution < 1.29 is 9.53 Å². The van der Waals surface area contributed by atoms with E-state index in [1.54, 1.807) is 18.3 Å². The molecule has 9 nitrogen and oxygen atoms in total. The Kier molecular flexibility index (Phi) is 4.50. The Labute approximate surface area is 138 Å². The number of pyridine rings is 1. The minimum atomic E-state index is -0.269. The first kappa shape index (κ1) is 15.7. The Morgan fingerprint density at radius 3 is 2.79 bits per heavy atom. The summed E-state index contributed by atoms with van der Waals surface area (Å²) in [5, 5.41) is 0. The molecule has 1 amide bonds. The summed E-state index contributed by atoms with van der Waals surface area (Å²) in [6.45, 7) is 0. The lowest BCUT2D eigenvalue weighted by molar-refractivity contribution is 0.0938. The smallest absolute Gasteiger partial charge is 0.321 e. The highest BCUT2D eigenvalue weighted by molar-refractivity contribution is 5.93. The summed E-state index contributed by atoms with van der Waals surface area (Å²) in [5.74, 6) is 0.294. The second kappa shape index (κ2) is 6.90. The van der Waals surface area contributed by atoms with Crippen LogP contribution in [0.15, 0.2) is 35.8 Å². The van der Waals surface area contributed by atoms with Gasteiger partial charge in [0.1, 0.15) is 5.82 Å². The van der Waals surface area contributed by atoms with Crippen molar-refractivity contribution in [2.24, 2.45) is 0 Å². The second-order valence-corrected chi connectivity index (χ2v) is 5.18. The summed E-state index contributed by atoms with van der Waals surface area (Å²) in [6.07, 6.45) is 5.45. The number of nitrogens with one attached hydrogen (secondary N) is 2. The number of aromatic nitrogens is 4. The number of anilines is 1. The molecule has 3 rings (SSSR count). The van der Waals surface area contributed by atoms with Gasteiger partial charge in [-0.1, -0.05) is 0 Å². The van der Waals surface area contributed by atoms with Crippen LogP contribution in [0.1, 0.15) is 29.0 Å². The molecule has 1 aliphatic rings. The van der Waals surface area contributed by atoms with Gasteiger partial charge in [0.15, 0.2) is 0 Å². The van der Waals surface area contributed by atoms with Gasteiger partial charge in [-0.25, -0.2) is 0 Å². The van der Waals surface area contributed by atoms with E-state index in [2.05, 4.69) is 30.8 Å². The van der Waals surface area contributed by atoms with Gasteiger partial charge in [0.05, 0.1) is 12.7 Å². The van der Waals surface area contributed by atoms with Gasteiger partial charge in [-0.15, -0.1) is 0 Å². The van der Waals surface area contributed by atoms with Gasteiger partial charge in [-0.3, -0.25) is 15.2 Å². The third-order valence-electron chi connectivity index (χ3n) is 3.37. The number of methoxy groups -OCH3 is 1. The maximum absolute atomic E-state index is 12.1. The predicted octanol–water partition coefficient (Wildman–Crippen LogP) is 0.382. The fourth-order valence-electron chi connectivity index (χ4n) is 2.07. The zero-order valence-electron chi connectivity index (χ0n) is 13.1. The molecule has 0 bridgehead atoms. The maximum Gasteiger partial charge on any atom is 0.321 e. The number of hydrogen-bond acceptors (Lipinski definition) is 8. The van der Waals surface area contributed by atoms with Crippen molar-refractivity contribution in [2.45, 2.75) is 19.3 Å². The summed E-state index contributed by atoms with van der Waals surface area (Å²) in [6, 6.07) is 3.55. The molecule has 0 spiro atoms. The largest absolute Gasteiger partial charge is 0.467 e. The molecule has 9 heteroatoms. The number of hydrazine groups is 1. The molecule has 24 heavy (non-hydrogen) atoms. The number of allylic oxidation sites excluding steroid dienone is 2. The van der Waals surface area contributed by atoms with E-state index >= 15 is 0 Å². The highest BCUT2D eigenvalue weighted by Gasteiger charge is 2.20. The quantitative estimate of drug-likeness (QED) is 0.650. The van der Waals surface area contributed by atoms with E-state index in [-0.39, 0.29) is 17.9 Å². The molecule has 0 aromatic carbocycles. The Balaban J connectivity index is 1.68. The lowest BCUT2D eigenvalue weighted by Gasteiger charge is -2.12. The Hall–Kier alpha value is -3.23. The van der Waals surface area contributed by atoms with Crippen molar-refractivity contribution >= 4 is 11.9 Å². The normalized spacial score (nSPS) is 12.5. The van der Waals surface area contributed by atoms with Crippen LogP contribution in [0.2, 0.25) is 0 Å². The highest BCUT2D eigenvalue weighted by atomic mass is 16.5. The minimum absolute atomic E-state index is 0.0939. The molecule has 1 fully saturated rings. The van der Waals surface area contributed by atoms with Gasteiger partial charge in [-0.05, 0) is 30.5 Å². The van der Waals surface area contributed by atoms with Crippen LogP contribution < -0.4 is 21.3 Å². The van der Waals surface area contributed by atoms with Gasteiger partial charge < -0.3 is 15.9 Å². The molecule has 2 heterocycles. The molecule has 2 aromatic rings. The zero-order chi connectivity index (χ0) is 16.9. The SMILES string of the molecule is COc1nc(N)nc(CC(NNC(=O)c2cccnc2)=C2CC2)n1. The first-order chi connectivity index (χ1) is 11.7. The fourth-order valence-corrected chi connectivity index (χ4v) is 2.07. The summed E-state index contributed by atoms with van der Waals surface area (Å²) in [4.78, 5) is 28.1. The van der Waals surface area contributed by atoms with E-state index in [4.69, 9.17) is 10.5 Å². The van der Waals surface area contributed by atoms with Crippen molar-refractivity contribution in [3.63, 3.8) is 0 Å². The van der Waals surface area contributed by atoms with Crippen LogP contribution in [0.4, 0.5) is 5.95 Å². The first-order valence-corrected chi connectivity index (χ1v) is 7.37. The molecule has 2 aromatic heterocycles. The number of rotatable bonds is 6. The summed E-state index contributed by atoms with van der Waals surface area (Å²) in [5.41, 5.74) is 13.8. The molecule has 0 aliphatic heterocycles. The number of nitrogens with two attached hydrogens (primary N) is 1. The Morgan fingerprint density at radius 2 is 2.12 bits per heavy atom. The van der Waals surface area contributed by atoms with Crippen molar-refractivity contribution in [3.05, 3.63) is 47.2 Å². The number of nitrogens with zero attached hydrogens (tertiary/aromatic N) is 4. The summed E-state index contributed by atoms with van der Waals surface area (Å²) < 4.78 is 4.99. The predicted molar refractivity (Wildman–Crippen MR) is 85.6 cm³/mol. The van der Waals surface area contributed by atoms with Crippen LogP contribution in [0.25, 0.3) is 0 Å². The molecule has 124 valence electrons. The molecule has 0 atom stereocenters. The second-order valence-electron chi connectivity index (χ2n) is 5.18. The monoisotopic (exact) mass is 327 g/mol. The number of carbonyl (C=O) groups is 1. The topological polar surface area (TPSA) is 128 Å². The van der Waals surface area contributed by atoms with Gasteiger partial charge in [0.25, 0.3) is 5.91 Å². The van der Waals surface area contributed by atoms with Crippen LogP contribution in [-0.4, -0.2) is 33.0 Å². The van der Waals surface area contributed by atoms with Crippen LogP contribution in [0, 0.1) is 0 Å². The van der Waals surface area contributed by atoms with Crippen LogP contribution in [-0.2, 0) is 6.42 Å². The van der Waals surface area contributed by atoms with E-state index in [1.165, 1.54) is 18.9 Å². The number of hydrogen-bond donors (Lipinski definition) is 3. The van der Waals surface area contributed by atoms with Gasteiger partial charge in [0, 0.05) is 24.5 Å². The van der Waals surface area contributed by atoms with Crippen molar-refractivity contribution in [1.82, 2.24) is 30.8 Å². The van der Waals surface area contributed by atoms with Gasteiger partial charge in [-0.2, -0.15) is 15.0 Å². The van der Waals surface area contributed by atoms with Crippen LogP contribution in [0.3, 0.4) is 0 Å². The number of ether oxygens (including phenoxy) is 1. The van der Waals surface area contributed by atoms with Crippen LogP contribution >= 0.6 is 0 Å². The Morgan fingerprint density at radius 1 is 1.29 bits per heavy atom. The van der Waals surface area contributed by atoms with E-state index in [0.29, 0.717) is 17.8 Å². The van der Waals surface area contributed by atoms with Crippen molar-refractivity contribution in [3.8, 4) is 6.01 Å². The van der Waals surface area contributed by atoms with Gasteiger partial charge >= 0.3 is 6.01 Å². The average Bonchev–Trinajstić information content (AvgIpc) is 3.43. The number of amides is 1. The summed E-state index contributed by atoms with van der Waals surface area (Å²) in [7, 11) is 1.46. The minimum Gasteiger partial charge on any atom is -0.467 e. The highest BCUT2D eigenvalue weighted by Crippen LogP contribution is 2.31. The summed E-state index contributed by atoms with van der Waals surface area (Å²) >= 11 is 0. The third-order valence-corrected chi connectivity index (χ3v) is 3.37. The lowest BCUT2D eigenvalue weighted by Crippen LogP contribution is -2.37. The van der Waals surface area contributed by atoms with Crippen LogP contribution in [0.5, 0.6) is 6.01 Å². The van der Waals surface area contributed by atoms with Crippen molar-refractivity contribution in [2.75, 3.05) is 12.8 Å². The van der Waals surface area contributed by atoms with E-state index in [1.807, 2.05) is 0 Å². The lowest BCUT2D eigenvalue weighted by atomic mass is 10.2. The molecule has 0 radical (unpaired) electrons. The van der Waals surface area contributed by atoms with Gasteiger partial charge in [0.2, 0.25) is 5.95 Å². The standard InChI is InChI=1S/C15H17N7O2/c1-24-15-19-12(18-14(16)20-15)7-11(9-4-5-9)21-22-13(23)10-3-2-6-17-8-10/h2-3,6,8,21H,4-5,7H2,1H3,(H,22,23)(H2,16,18,19,20). The molecule has 0 unspecified atom stereocenters. The zero-order valence-corrected chi connectivity index (χ0v) is 13.1. The van der Waals surface area contributed by atoms with E-state index < -0.39 is 0 Å². The molecular formula is C15H17N7O2. The van der Waals surface area contributed by atoms with E-state index in [0.717, 1.165) is 18.5 Å². The molecule has 1 saturated carbocycles.